The van der Waals surface area contributed by atoms with Crippen molar-refractivity contribution < 1.29 is 4.79 Å². The third-order valence-corrected chi connectivity index (χ3v) is 5.17. The summed E-state index contributed by atoms with van der Waals surface area (Å²) >= 11 is 0. The molecule has 1 heterocycles. The molecular formula is C25H31N3O. The summed E-state index contributed by atoms with van der Waals surface area (Å²) in [6.45, 7) is 7.74. The normalized spacial score (nSPS) is 10.9. The molecule has 0 spiro atoms. The number of rotatable bonds is 9. The molecule has 0 radical (unpaired) electrons. The molecule has 152 valence electrons. The van der Waals surface area contributed by atoms with Crippen molar-refractivity contribution in [3.05, 3.63) is 83.2 Å². The molecule has 0 aliphatic rings. The molecule has 0 atom stereocenters. The summed E-state index contributed by atoms with van der Waals surface area (Å²) < 4.78 is 1.95. The van der Waals surface area contributed by atoms with Crippen molar-refractivity contribution >= 4 is 5.91 Å². The minimum Gasteiger partial charge on any atom is -0.338 e. The lowest BCUT2D eigenvalue weighted by Crippen LogP contribution is -2.31. The van der Waals surface area contributed by atoms with Crippen LogP contribution in [-0.2, 0) is 17.8 Å². The van der Waals surface area contributed by atoms with Crippen molar-refractivity contribution in [3.8, 4) is 5.69 Å². The molecule has 0 saturated heterocycles. The number of carbonyl (C=O) groups excluding carboxylic acids is 1. The Morgan fingerprint density at radius 2 is 1.72 bits per heavy atom. The van der Waals surface area contributed by atoms with Gasteiger partial charge in [0.15, 0.2) is 0 Å². The molecule has 0 N–H and O–H groups in total. The SMILES string of the molecule is CCCCN(Cc1ccccc1)C(=O)CCc1ccc(-n2nc(C)cc2C)cc1. The molecule has 29 heavy (non-hydrogen) atoms. The smallest absolute Gasteiger partial charge is 0.223 e. The number of carbonyl (C=O) groups is 1. The van der Waals surface area contributed by atoms with Crippen molar-refractivity contribution in [1.29, 1.82) is 0 Å². The fourth-order valence-corrected chi connectivity index (χ4v) is 3.55. The predicted molar refractivity (Wildman–Crippen MR) is 118 cm³/mol. The zero-order valence-corrected chi connectivity index (χ0v) is 17.8. The maximum Gasteiger partial charge on any atom is 0.223 e. The van der Waals surface area contributed by atoms with Gasteiger partial charge in [-0.05, 0) is 56.0 Å². The predicted octanol–water partition coefficient (Wildman–Crippen LogP) is 5.25. The number of hydrogen-bond acceptors (Lipinski definition) is 2. The number of aromatic nitrogens is 2. The van der Waals surface area contributed by atoms with Crippen LogP contribution in [0.3, 0.4) is 0 Å². The first-order chi connectivity index (χ1) is 14.1. The first-order valence-corrected chi connectivity index (χ1v) is 10.5. The molecule has 2 aromatic carbocycles. The summed E-state index contributed by atoms with van der Waals surface area (Å²) in [6, 6.07) is 20.7. The second-order valence-electron chi connectivity index (χ2n) is 7.66. The van der Waals surface area contributed by atoms with E-state index in [-0.39, 0.29) is 5.91 Å². The van der Waals surface area contributed by atoms with Gasteiger partial charge in [-0.3, -0.25) is 4.79 Å². The molecule has 4 nitrogen and oxygen atoms in total. The molecule has 1 aromatic heterocycles. The Balaban J connectivity index is 1.60. The van der Waals surface area contributed by atoms with E-state index >= 15 is 0 Å². The number of amides is 1. The highest BCUT2D eigenvalue weighted by Crippen LogP contribution is 2.15. The van der Waals surface area contributed by atoms with Crippen LogP contribution < -0.4 is 0 Å². The highest BCUT2D eigenvalue weighted by Gasteiger charge is 2.14. The van der Waals surface area contributed by atoms with Crippen LogP contribution in [0.1, 0.15) is 48.7 Å². The number of hydrogen-bond donors (Lipinski definition) is 0. The lowest BCUT2D eigenvalue weighted by molar-refractivity contribution is -0.131. The summed E-state index contributed by atoms with van der Waals surface area (Å²) in [4.78, 5) is 14.9. The zero-order valence-electron chi connectivity index (χ0n) is 17.8. The maximum atomic E-state index is 12.9. The highest BCUT2D eigenvalue weighted by molar-refractivity contribution is 5.76. The van der Waals surface area contributed by atoms with E-state index in [2.05, 4.69) is 61.4 Å². The molecule has 1 amide bonds. The van der Waals surface area contributed by atoms with Crippen LogP contribution in [0.25, 0.3) is 5.69 Å². The summed E-state index contributed by atoms with van der Waals surface area (Å²) in [6.07, 6.45) is 3.42. The van der Waals surface area contributed by atoms with Gasteiger partial charge in [-0.15, -0.1) is 0 Å². The molecular weight excluding hydrogens is 358 g/mol. The molecule has 0 unspecified atom stereocenters. The van der Waals surface area contributed by atoms with E-state index in [1.807, 2.05) is 34.7 Å². The Hall–Kier alpha value is -2.88. The fourth-order valence-electron chi connectivity index (χ4n) is 3.55. The van der Waals surface area contributed by atoms with E-state index < -0.39 is 0 Å². The van der Waals surface area contributed by atoms with E-state index in [1.54, 1.807) is 0 Å². The molecule has 3 rings (SSSR count). The van der Waals surface area contributed by atoms with Gasteiger partial charge >= 0.3 is 0 Å². The van der Waals surface area contributed by atoms with Gasteiger partial charge in [0.1, 0.15) is 0 Å². The monoisotopic (exact) mass is 389 g/mol. The standard InChI is InChI=1S/C25H31N3O/c1-4-5-17-27(19-23-9-7-6-8-10-23)25(29)16-13-22-11-14-24(15-12-22)28-21(3)18-20(2)26-28/h6-12,14-15,18H,4-5,13,16-17,19H2,1-3H3. The van der Waals surface area contributed by atoms with Gasteiger partial charge in [0.05, 0.1) is 11.4 Å². The Kier molecular flexibility index (Phi) is 7.23. The molecule has 0 bridgehead atoms. The number of aryl methyl sites for hydroxylation is 3. The van der Waals surface area contributed by atoms with Gasteiger partial charge in [0.25, 0.3) is 0 Å². The van der Waals surface area contributed by atoms with Crippen molar-refractivity contribution in [1.82, 2.24) is 14.7 Å². The zero-order chi connectivity index (χ0) is 20.6. The van der Waals surface area contributed by atoms with E-state index in [9.17, 15) is 4.79 Å². The van der Waals surface area contributed by atoms with Crippen LogP contribution in [0, 0.1) is 13.8 Å². The molecule has 0 aliphatic carbocycles. The fraction of sp³-hybridized carbons (Fsp3) is 0.360. The van der Waals surface area contributed by atoms with Gasteiger partial charge in [0.2, 0.25) is 5.91 Å². The minimum atomic E-state index is 0.227. The van der Waals surface area contributed by atoms with Gasteiger partial charge < -0.3 is 4.90 Å². The Morgan fingerprint density at radius 3 is 2.34 bits per heavy atom. The van der Waals surface area contributed by atoms with Gasteiger partial charge in [-0.2, -0.15) is 5.10 Å². The molecule has 0 fully saturated rings. The summed E-state index contributed by atoms with van der Waals surface area (Å²) in [5, 5.41) is 4.53. The Labute approximate surface area is 174 Å². The lowest BCUT2D eigenvalue weighted by Gasteiger charge is -2.23. The maximum absolute atomic E-state index is 12.9. The topological polar surface area (TPSA) is 38.1 Å². The second-order valence-corrected chi connectivity index (χ2v) is 7.66. The lowest BCUT2D eigenvalue weighted by atomic mass is 10.1. The average molecular weight is 390 g/mol. The van der Waals surface area contributed by atoms with Crippen LogP contribution in [0.15, 0.2) is 60.7 Å². The van der Waals surface area contributed by atoms with E-state index in [0.717, 1.165) is 42.9 Å². The molecule has 0 saturated carbocycles. The largest absolute Gasteiger partial charge is 0.338 e. The van der Waals surface area contributed by atoms with Crippen molar-refractivity contribution in [2.45, 2.75) is 53.0 Å². The minimum absolute atomic E-state index is 0.227. The molecule has 3 aromatic rings. The van der Waals surface area contributed by atoms with Crippen LogP contribution >= 0.6 is 0 Å². The number of benzene rings is 2. The first kappa shape index (κ1) is 20.8. The van der Waals surface area contributed by atoms with Crippen LogP contribution in [0.2, 0.25) is 0 Å². The Bertz CT molecular complexity index is 913. The van der Waals surface area contributed by atoms with Crippen molar-refractivity contribution in [2.24, 2.45) is 0 Å². The average Bonchev–Trinajstić information content (AvgIpc) is 3.08. The third kappa shape index (κ3) is 5.80. The summed E-state index contributed by atoms with van der Waals surface area (Å²) in [7, 11) is 0. The van der Waals surface area contributed by atoms with E-state index in [4.69, 9.17) is 0 Å². The van der Waals surface area contributed by atoms with Crippen molar-refractivity contribution in [2.75, 3.05) is 6.54 Å². The molecule has 0 aliphatic heterocycles. The second kappa shape index (κ2) is 10.1. The highest BCUT2D eigenvalue weighted by atomic mass is 16.2. The van der Waals surface area contributed by atoms with Crippen LogP contribution in [0.4, 0.5) is 0 Å². The van der Waals surface area contributed by atoms with Crippen molar-refractivity contribution in [3.63, 3.8) is 0 Å². The van der Waals surface area contributed by atoms with E-state index in [0.29, 0.717) is 13.0 Å². The van der Waals surface area contributed by atoms with Gasteiger partial charge in [-0.1, -0.05) is 55.8 Å². The van der Waals surface area contributed by atoms with Crippen LogP contribution in [-0.4, -0.2) is 27.1 Å². The summed E-state index contributed by atoms with van der Waals surface area (Å²) in [5.41, 5.74) is 5.56. The Morgan fingerprint density at radius 1 is 1.00 bits per heavy atom. The number of nitrogens with zero attached hydrogens (tertiary/aromatic N) is 3. The van der Waals surface area contributed by atoms with Crippen LogP contribution in [0.5, 0.6) is 0 Å². The van der Waals surface area contributed by atoms with Gasteiger partial charge in [0, 0.05) is 25.2 Å². The first-order valence-electron chi connectivity index (χ1n) is 10.5. The number of unbranched alkanes of at least 4 members (excludes halogenated alkanes) is 1. The quantitative estimate of drug-likeness (QED) is 0.501. The van der Waals surface area contributed by atoms with E-state index in [1.165, 1.54) is 11.1 Å². The summed E-state index contributed by atoms with van der Waals surface area (Å²) in [5.74, 6) is 0.227. The molecule has 4 heteroatoms. The van der Waals surface area contributed by atoms with Gasteiger partial charge in [-0.25, -0.2) is 4.68 Å². The third-order valence-electron chi connectivity index (χ3n) is 5.17.